The summed E-state index contributed by atoms with van der Waals surface area (Å²) in [6, 6.07) is 3.64. The fourth-order valence-corrected chi connectivity index (χ4v) is 1.21. The molecule has 0 atom stereocenters. The summed E-state index contributed by atoms with van der Waals surface area (Å²) in [5.74, 6) is 1.55. The number of aromatic nitrogens is 3. The Bertz CT molecular complexity index is 453. The third kappa shape index (κ3) is 1.96. The summed E-state index contributed by atoms with van der Waals surface area (Å²) in [5.41, 5.74) is 0.722. The second-order valence-electron chi connectivity index (χ2n) is 2.94. The molecule has 5 nitrogen and oxygen atoms in total. The zero-order chi connectivity index (χ0) is 10.7. The molecule has 0 spiro atoms. The lowest BCUT2D eigenvalue weighted by atomic mass is 10.3. The quantitative estimate of drug-likeness (QED) is 0.765. The van der Waals surface area contributed by atoms with Gasteiger partial charge in [-0.3, -0.25) is 0 Å². The number of hydrogen-bond acceptors (Lipinski definition) is 5. The van der Waals surface area contributed by atoms with E-state index in [0.29, 0.717) is 24.2 Å². The van der Waals surface area contributed by atoms with Gasteiger partial charge in [-0.25, -0.2) is 4.98 Å². The van der Waals surface area contributed by atoms with E-state index in [2.05, 4.69) is 15.1 Å². The highest BCUT2D eigenvalue weighted by atomic mass is 16.5. The number of aryl methyl sites for hydroxylation is 1. The molecule has 0 radical (unpaired) electrons. The van der Waals surface area contributed by atoms with Crippen LogP contribution >= 0.6 is 0 Å². The summed E-state index contributed by atoms with van der Waals surface area (Å²) in [7, 11) is 0. The molecule has 0 unspecified atom stereocenters. The highest BCUT2D eigenvalue weighted by Crippen LogP contribution is 2.25. The van der Waals surface area contributed by atoms with Crippen molar-refractivity contribution in [3.05, 3.63) is 24.2 Å². The molecule has 0 aliphatic carbocycles. The van der Waals surface area contributed by atoms with Crippen LogP contribution in [0.3, 0.4) is 0 Å². The van der Waals surface area contributed by atoms with Gasteiger partial charge in [0.25, 0.3) is 5.89 Å². The summed E-state index contributed by atoms with van der Waals surface area (Å²) >= 11 is 0. The smallest absolute Gasteiger partial charge is 0.263 e. The first-order valence-electron chi connectivity index (χ1n) is 4.69. The van der Waals surface area contributed by atoms with E-state index in [1.807, 2.05) is 13.0 Å². The van der Waals surface area contributed by atoms with Crippen LogP contribution in [0.25, 0.3) is 11.5 Å². The predicted octanol–water partition coefficient (Wildman–Crippen LogP) is 1.84. The van der Waals surface area contributed by atoms with Crippen molar-refractivity contribution in [2.75, 3.05) is 6.61 Å². The van der Waals surface area contributed by atoms with Crippen molar-refractivity contribution in [1.82, 2.24) is 15.1 Å². The van der Waals surface area contributed by atoms with Crippen LogP contribution in [0.1, 0.15) is 12.7 Å². The Morgan fingerprint density at radius 3 is 3.00 bits per heavy atom. The van der Waals surface area contributed by atoms with E-state index in [4.69, 9.17) is 9.26 Å². The van der Waals surface area contributed by atoms with Crippen LogP contribution < -0.4 is 4.74 Å². The number of nitrogens with zero attached hydrogens (tertiary/aromatic N) is 3. The third-order valence-corrected chi connectivity index (χ3v) is 1.81. The lowest BCUT2D eigenvalue weighted by molar-refractivity contribution is 0.326. The van der Waals surface area contributed by atoms with Gasteiger partial charge in [-0.05, 0) is 26.0 Å². The van der Waals surface area contributed by atoms with Crippen LogP contribution in [0.5, 0.6) is 5.88 Å². The minimum Gasteiger partial charge on any atom is -0.477 e. The molecule has 0 amide bonds. The van der Waals surface area contributed by atoms with Crippen molar-refractivity contribution in [3.63, 3.8) is 0 Å². The molecular weight excluding hydrogens is 194 g/mol. The number of pyridine rings is 1. The summed E-state index contributed by atoms with van der Waals surface area (Å²) in [4.78, 5) is 8.23. The minimum atomic E-state index is 0.434. The zero-order valence-electron chi connectivity index (χ0n) is 8.60. The SMILES string of the molecule is CCOc1ncccc1-c1nc(C)no1. The molecule has 0 bridgehead atoms. The van der Waals surface area contributed by atoms with Gasteiger partial charge in [-0.15, -0.1) is 0 Å². The molecule has 2 heterocycles. The molecular formula is C10H11N3O2. The monoisotopic (exact) mass is 205 g/mol. The van der Waals surface area contributed by atoms with Gasteiger partial charge in [0, 0.05) is 6.20 Å². The molecule has 78 valence electrons. The zero-order valence-corrected chi connectivity index (χ0v) is 8.60. The fraction of sp³-hybridized carbons (Fsp3) is 0.300. The van der Waals surface area contributed by atoms with E-state index in [-0.39, 0.29) is 0 Å². The topological polar surface area (TPSA) is 61.0 Å². The molecule has 0 aromatic carbocycles. The molecule has 0 aliphatic rings. The van der Waals surface area contributed by atoms with E-state index in [1.165, 1.54) is 0 Å². The van der Waals surface area contributed by atoms with Crippen LogP contribution in [-0.2, 0) is 0 Å². The van der Waals surface area contributed by atoms with E-state index in [1.54, 1.807) is 19.2 Å². The Labute approximate surface area is 87.1 Å². The highest BCUT2D eigenvalue weighted by Gasteiger charge is 2.12. The largest absolute Gasteiger partial charge is 0.477 e. The molecule has 0 saturated carbocycles. The molecule has 2 aromatic heterocycles. The summed E-state index contributed by atoms with van der Waals surface area (Å²) < 4.78 is 10.4. The maximum absolute atomic E-state index is 5.36. The molecule has 2 rings (SSSR count). The molecule has 0 saturated heterocycles. The minimum absolute atomic E-state index is 0.434. The van der Waals surface area contributed by atoms with Gasteiger partial charge in [-0.2, -0.15) is 4.98 Å². The molecule has 0 fully saturated rings. The Kier molecular flexibility index (Phi) is 2.62. The van der Waals surface area contributed by atoms with Gasteiger partial charge in [0.05, 0.1) is 6.61 Å². The van der Waals surface area contributed by atoms with Crippen molar-refractivity contribution < 1.29 is 9.26 Å². The van der Waals surface area contributed by atoms with Gasteiger partial charge >= 0.3 is 0 Å². The molecule has 0 N–H and O–H groups in total. The Morgan fingerprint density at radius 1 is 1.47 bits per heavy atom. The van der Waals surface area contributed by atoms with Crippen molar-refractivity contribution in [2.45, 2.75) is 13.8 Å². The van der Waals surface area contributed by atoms with E-state index in [0.717, 1.165) is 5.56 Å². The first-order valence-corrected chi connectivity index (χ1v) is 4.69. The molecule has 2 aromatic rings. The average Bonchev–Trinajstić information content (AvgIpc) is 2.66. The third-order valence-electron chi connectivity index (χ3n) is 1.81. The summed E-state index contributed by atoms with van der Waals surface area (Å²) in [6.45, 7) is 4.22. The van der Waals surface area contributed by atoms with E-state index < -0.39 is 0 Å². The first kappa shape index (κ1) is 9.64. The normalized spacial score (nSPS) is 10.3. The Hall–Kier alpha value is -1.91. The van der Waals surface area contributed by atoms with Crippen LogP contribution in [-0.4, -0.2) is 21.7 Å². The van der Waals surface area contributed by atoms with Gasteiger partial charge in [0.2, 0.25) is 5.88 Å². The average molecular weight is 205 g/mol. The van der Waals surface area contributed by atoms with E-state index in [9.17, 15) is 0 Å². The maximum Gasteiger partial charge on any atom is 0.263 e. The van der Waals surface area contributed by atoms with Gasteiger partial charge in [0.15, 0.2) is 5.82 Å². The molecule has 0 aliphatic heterocycles. The summed E-state index contributed by atoms with van der Waals surface area (Å²) in [6.07, 6.45) is 1.66. The van der Waals surface area contributed by atoms with Crippen molar-refractivity contribution >= 4 is 0 Å². The van der Waals surface area contributed by atoms with Crippen molar-refractivity contribution in [1.29, 1.82) is 0 Å². The second-order valence-corrected chi connectivity index (χ2v) is 2.94. The van der Waals surface area contributed by atoms with Gasteiger partial charge < -0.3 is 9.26 Å². The lowest BCUT2D eigenvalue weighted by Crippen LogP contribution is -1.96. The second kappa shape index (κ2) is 4.08. The van der Waals surface area contributed by atoms with Crippen LogP contribution in [0, 0.1) is 6.92 Å². The lowest BCUT2D eigenvalue weighted by Gasteiger charge is -2.04. The van der Waals surface area contributed by atoms with Crippen LogP contribution in [0.4, 0.5) is 0 Å². The Balaban J connectivity index is 2.42. The maximum atomic E-state index is 5.36. The predicted molar refractivity (Wildman–Crippen MR) is 53.4 cm³/mol. The summed E-state index contributed by atoms with van der Waals surface area (Å²) in [5, 5.41) is 3.72. The number of ether oxygens (including phenoxy) is 1. The number of rotatable bonds is 3. The van der Waals surface area contributed by atoms with Gasteiger partial charge in [-0.1, -0.05) is 5.16 Å². The highest BCUT2D eigenvalue weighted by molar-refractivity contribution is 5.59. The van der Waals surface area contributed by atoms with Crippen molar-refractivity contribution in [2.24, 2.45) is 0 Å². The molecule has 5 heteroatoms. The standard InChI is InChI=1S/C10H11N3O2/c1-3-14-9-8(5-4-6-11-9)10-12-7(2)13-15-10/h4-6H,3H2,1-2H3. The van der Waals surface area contributed by atoms with E-state index >= 15 is 0 Å². The molecule has 15 heavy (non-hydrogen) atoms. The van der Waals surface area contributed by atoms with Gasteiger partial charge in [0.1, 0.15) is 5.56 Å². The van der Waals surface area contributed by atoms with Crippen molar-refractivity contribution in [3.8, 4) is 17.3 Å². The Morgan fingerprint density at radius 2 is 2.33 bits per heavy atom. The fourth-order valence-electron chi connectivity index (χ4n) is 1.21. The van der Waals surface area contributed by atoms with Crippen LogP contribution in [0.15, 0.2) is 22.9 Å². The number of hydrogen-bond donors (Lipinski definition) is 0. The first-order chi connectivity index (χ1) is 7.31. The van der Waals surface area contributed by atoms with Crippen LogP contribution in [0.2, 0.25) is 0 Å².